The van der Waals surface area contributed by atoms with Gasteiger partial charge in [0.1, 0.15) is 6.54 Å². The SMILES string of the molecule is O=C1CN(C(=O)c2ccccc2Cl)[C@@H](c2ccccc2)c2cc(Cl)ccc2N1. The lowest BCUT2D eigenvalue weighted by Gasteiger charge is -2.31. The highest BCUT2D eigenvalue weighted by Crippen LogP contribution is 2.38. The molecule has 140 valence electrons. The van der Waals surface area contributed by atoms with Gasteiger partial charge >= 0.3 is 0 Å². The molecule has 0 radical (unpaired) electrons. The smallest absolute Gasteiger partial charge is 0.256 e. The molecule has 1 atom stereocenters. The molecule has 28 heavy (non-hydrogen) atoms. The Bertz CT molecular complexity index is 1050. The third-order valence-corrected chi connectivity index (χ3v) is 5.25. The predicted octanol–water partition coefficient (Wildman–Crippen LogP) is 5.18. The second-order valence-corrected chi connectivity index (χ2v) is 7.35. The lowest BCUT2D eigenvalue weighted by molar-refractivity contribution is -0.117. The summed E-state index contributed by atoms with van der Waals surface area (Å²) in [5.41, 5.74) is 2.62. The second-order valence-electron chi connectivity index (χ2n) is 6.51. The molecule has 1 aliphatic heterocycles. The van der Waals surface area contributed by atoms with Gasteiger partial charge in [-0.25, -0.2) is 0 Å². The molecule has 1 aliphatic rings. The Kier molecular flexibility index (Phi) is 5.07. The Morgan fingerprint density at radius 1 is 0.964 bits per heavy atom. The maximum atomic E-state index is 13.4. The van der Waals surface area contributed by atoms with E-state index in [4.69, 9.17) is 23.2 Å². The van der Waals surface area contributed by atoms with Gasteiger partial charge < -0.3 is 10.2 Å². The molecular formula is C22H16Cl2N2O2. The first-order chi connectivity index (χ1) is 13.5. The number of hydrogen-bond acceptors (Lipinski definition) is 2. The van der Waals surface area contributed by atoms with Gasteiger partial charge in [0.05, 0.1) is 16.6 Å². The molecule has 0 bridgehead atoms. The summed E-state index contributed by atoms with van der Waals surface area (Å²) in [5.74, 6) is -0.593. The highest BCUT2D eigenvalue weighted by molar-refractivity contribution is 6.34. The van der Waals surface area contributed by atoms with Crippen LogP contribution in [0.15, 0.2) is 72.8 Å². The van der Waals surface area contributed by atoms with E-state index in [1.807, 2.05) is 30.3 Å². The summed E-state index contributed by atoms with van der Waals surface area (Å²) in [4.78, 5) is 27.5. The predicted molar refractivity (Wildman–Crippen MR) is 111 cm³/mol. The Hall–Kier alpha value is -2.82. The standard InChI is InChI=1S/C22H16Cl2N2O2/c23-15-10-11-19-17(12-15)21(14-6-2-1-3-7-14)26(13-20(27)25-19)22(28)16-8-4-5-9-18(16)24/h1-12,21H,13H2,(H,25,27)/t21-/m0/s1. The van der Waals surface area contributed by atoms with Crippen molar-refractivity contribution >= 4 is 40.7 Å². The molecule has 0 spiro atoms. The van der Waals surface area contributed by atoms with E-state index in [1.54, 1.807) is 42.5 Å². The van der Waals surface area contributed by atoms with E-state index in [9.17, 15) is 9.59 Å². The van der Waals surface area contributed by atoms with Crippen molar-refractivity contribution in [2.75, 3.05) is 11.9 Å². The third kappa shape index (κ3) is 3.49. The van der Waals surface area contributed by atoms with Gasteiger partial charge in [-0.3, -0.25) is 9.59 Å². The van der Waals surface area contributed by atoms with Crippen molar-refractivity contribution in [3.05, 3.63) is 99.5 Å². The summed E-state index contributed by atoms with van der Waals surface area (Å²) in [6.45, 7) is -0.101. The molecule has 1 heterocycles. The molecule has 3 aromatic carbocycles. The monoisotopic (exact) mass is 410 g/mol. The number of carbonyl (C=O) groups is 2. The minimum absolute atomic E-state index is 0.101. The van der Waals surface area contributed by atoms with E-state index < -0.39 is 6.04 Å². The van der Waals surface area contributed by atoms with Crippen LogP contribution in [0.4, 0.5) is 5.69 Å². The van der Waals surface area contributed by atoms with Gasteiger partial charge in [0.15, 0.2) is 0 Å². The number of benzene rings is 3. The number of fused-ring (bicyclic) bond motifs is 1. The van der Waals surface area contributed by atoms with Gasteiger partial charge in [-0.2, -0.15) is 0 Å². The Morgan fingerprint density at radius 2 is 1.68 bits per heavy atom. The minimum atomic E-state index is -0.488. The van der Waals surface area contributed by atoms with Crippen LogP contribution in [-0.2, 0) is 4.79 Å². The van der Waals surface area contributed by atoms with Crippen LogP contribution in [0.5, 0.6) is 0 Å². The third-order valence-electron chi connectivity index (χ3n) is 4.69. The summed E-state index contributed by atoms with van der Waals surface area (Å²) >= 11 is 12.5. The average Bonchev–Trinajstić information content (AvgIpc) is 2.84. The molecule has 2 amide bonds. The van der Waals surface area contributed by atoms with Crippen LogP contribution in [0.1, 0.15) is 27.5 Å². The fraction of sp³-hybridized carbons (Fsp3) is 0.0909. The maximum Gasteiger partial charge on any atom is 0.256 e. The van der Waals surface area contributed by atoms with Crippen molar-refractivity contribution in [3.63, 3.8) is 0 Å². The number of nitrogens with one attached hydrogen (secondary N) is 1. The van der Waals surface area contributed by atoms with Gasteiger partial charge in [0, 0.05) is 16.3 Å². The van der Waals surface area contributed by atoms with Crippen LogP contribution in [0.2, 0.25) is 10.0 Å². The van der Waals surface area contributed by atoms with Gasteiger partial charge in [-0.15, -0.1) is 0 Å². The van der Waals surface area contributed by atoms with E-state index in [0.717, 1.165) is 11.1 Å². The first kappa shape index (κ1) is 18.5. The highest BCUT2D eigenvalue weighted by Gasteiger charge is 2.34. The van der Waals surface area contributed by atoms with Gasteiger partial charge in [0.2, 0.25) is 5.91 Å². The summed E-state index contributed by atoms with van der Waals surface area (Å²) in [6.07, 6.45) is 0. The van der Waals surface area contributed by atoms with Crippen molar-refractivity contribution in [1.29, 1.82) is 0 Å². The van der Waals surface area contributed by atoms with Crippen LogP contribution in [0.25, 0.3) is 0 Å². The zero-order valence-corrected chi connectivity index (χ0v) is 16.2. The molecule has 3 aromatic rings. The lowest BCUT2D eigenvalue weighted by atomic mass is 9.95. The normalized spacial score (nSPS) is 16.1. The van der Waals surface area contributed by atoms with Crippen molar-refractivity contribution in [1.82, 2.24) is 4.90 Å². The van der Waals surface area contributed by atoms with Crippen molar-refractivity contribution in [2.45, 2.75) is 6.04 Å². The molecule has 0 aromatic heterocycles. The quantitative estimate of drug-likeness (QED) is 0.632. The molecule has 4 nitrogen and oxygen atoms in total. The van der Waals surface area contributed by atoms with Crippen LogP contribution in [0, 0.1) is 0 Å². The summed E-state index contributed by atoms with van der Waals surface area (Å²) in [7, 11) is 0. The summed E-state index contributed by atoms with van der Waals surface area (Å²) in [5, 5.41) is 3.75. The van der Waals surface area contributed by atoms with E-state index in [1.165, 1.54) is 4.90 Å². The van der Waals surface area contributed by atoms with E-state index in [0.29, 0.717) is 21.3 Å². The number of amides is 2. The van der Waals surface area contributed by atoms with Crippen molar-refractivity contribution in [3.8, 4) is 0 Å². The summed E-state index contributed by atoms with van der Waals surface area (Å²) < 4.78 is 0. The average molecular weight is 411 g/mol. The number of hydrogen-bond donors (Lipinski definition) is 1. The van der Waals surface area contributed by atoms with Crippen LogP contribution >= 0.6 is 23.2 Å². The Labute approximate surface area is 172 Å². The zero-order valence-electron chi connectivity index (χ0n) is 14.7. The molecule has 6 heteroatoms. The molecule has 0 fully saturated rings. The summed E-state index contributed by atoms with van der Waals surface area (Å²) in [6, 6.07) is 21.2. The number of nitrogens with zero attached hydrogens (tertiary/aromatic N) is 1. The van der Waals surface area contributed by atoms with Crippen molar-refractivity contribution < 1.29 is 9.59 Å². The molecule has 4 rings (SSSR count). The minimum Gasteiger partial charge on any atom is -0.324 e. The highest BCUT2D eigenvalue weighted by atomic mass is 35.5. The van der Waals surface area contributed by atoms with E-state index in [2.05, 4.69) is 5.32 Å². The molecule has 0 saturated carbocycles. The van der Waals surface area contributed by atoms with Gasteiger partial charge in [-0.1, -0.05) is 65.7 Å². The van der Waals surface area contributed by atoms with E-state index in [-0.39, 0.29) is 18.4 Å². The second kappa shape index (κ2) is 7.66. The topological polar surface area (TPSA) is 49.4 Å². The van der Waals surface area contributed by atoms with Crippen LogP contribution < -0.4 is 5.32 Å². The lowest BCUT2D eigenvalue weighted by Crippen LogP contribution is -2.39. The van der Waals surface area contributed by atoms with Crippen molar-refractivity contribution in [2.24, 2.45) is 0 Å². The van der Waals surface area contributed by atoms with Crippen LogP contribution in [-0.4, -0.2) is 23.3 Å². The molecule has 0 saturated heterocycles. The first-order valence-electron chi connectivity index (χ1n) is 8.74. The van der Waals surface area contributed by atoms with Gasteiger partial charge in [-0.05, 0) is 35.9 Å². The molecule has 0 aliphatic carbocycles. The van der Waals surface area contributed by atoms with Gasteiger partial charge in [0.25, 0.3) is 5.91 Å². The van der Waals surface area contributed by atoms with E-state index >= 15 is 0 Å². The van der Waals surface area contributed by atoms with Crippen LogP contribution in [0.3, 0.4) is 0 Å². The largest absolute Gasteiger partial charge is 0.324 e. The number of carbonyl (C=O) groups excluding carboxylic acids is 2. The maximum absolute atomic E-state index is 13.4. The Morgan fingerprint density at radius 3 is 2.43 bits per heavy atom. The first-order valence-corrected chi connectivity index (χ1v) is 9.50. The molecular weight excluding hydrogens is 395 g/mol. The molecule has 0 unspecified atom stereocenters. The fourth-order valence-corrected chi connectivity index (χ4v) is 3.85. The Balaban J connectivity index is 1.91. The number of rotatable bonds is 2. The number of halogens is 2. The fourth-order valence-electron chi connectivity index (χ4n) is 3.45. The molecule has 1 N–H and O–H groups in total. The zero-order chi connectivity index (χ0) is 19.7. The number of anilines is 1.